The fraction of sp³-hybridized carbons (Fsp3) is 0.875. The molecule has 0 heterocycles. The number of nitrogens with one attached hydrogen (secondary N) is 1. The number of amides is 1. The van der Waals surface area contributed by atoms with E-state index in [1.807, 2.05) is 5.32 Å². The number of carbonyl (C=O) groups excluding carboxylic acids is 2. The van der Waals surface area contributed by atoms with Crippen LogP contribution in [0, 0.1) is 23.2 Å². The Labute approximate surface area is 169 Å². The van der Waals surface area contributed by atoms with E-state index in [2.05, 4.69) is 4.74 Å². The maximum atomic E-state index is 12.9. The minimum Gasteiger partial charge on any atom is -0.440 e. The minimum atomic E-state index is -4.71. The normalized spacial score (nSPS) is 33.5. The van der Waals surface area contributed by atoms with E-state index in [9.17, 15) is 22.8 Å². The van der Waals surface area contributed by atoms with Gasteiger partial charge in [0.2, 0.25) is 10.0 Å². The molecule has 0 aromatic carbocycles. The molecular weight excluding hydrogens is 434 g/mol. The van der Waals surface area contributed by atoms with Crippen LogP contribution in [0.3, 0.4) is 0 Å². The monoisotopic (exact) mass is 451 g/mol. The van der Waals surface area contributed by atoms with Crippen LogP contribution in [0.2, 0.25) is 0 Å². The van der Waals surface area contributed by atoms with E-state index in [-0.39, 0.29) is 0 Å². The Hall–Kier alpha value is -0.600. The smallest absolute Gasteiger partial charge is 0.422 e. The van der Waals surface area contributed by atoms with E-state index in [1.165, 1.54) is 0 Å². The van der Waals surface area contributed by atoms with Gasteiger partial charge in [-0.1, -0.05) is 34.8 Å². The summed E-state index contributed by atoms with van der Waals surface area (Å²) in [5.41, 5.74) is -0.680. The average Bonchev–Trinajstić information content (AvgIpc) is 2.49. The van der Waals surface area contributed by atoms with Crippen molar-refractivity contribution in [1.82, 2.24) is 5.32 Å². The van der Waals surface area contributed by atoms with E-state index in [1.54, 1.807) is 0 Å². The standard InChI is InChI=1S/C16H19Cl3F3NO4/c17-16(18,19)11(23-13(25)26-7-15(20,21)22)27-12(24)14-4-8-1-9(5-14)3-10(2-8)6-14/h8-11H,1-7H2,(H,23,25)/t8?,9?,10?,11-,14?/m1/s1. The highest BCUT2D eigenvalue weighted by molar-refractivity contribution is 6.68. The fourth-order valence-corrected chi connectivity index (χ4v) is 5.36. The third-order valence-corrected chi connectivity index (χ3v) is 6.20. The molecule has 0 unspecified atom stereocenters. The van der Waals surface area contributed by atoms with Gasteiger partial charge in [0.1, 0.15) is 0 Å². The van der Waals surface area contributed by atoms with Crippen molar-refractivity contribution in [3.8, 4) is 0 Å². The zero-order valence-corrected chi connectivity index (χ0v) is 16.4. The molecule has 154 valence electrons. The molecule has 4 rings (SSSR count). The molecular formula is C16H19Cl3F3NO4. The maximum absolute atomic E-state index is 12.9. The molecule has 0 aliphatic heterocycles. The van der Waals surface area contributed by atoms with Gasteiger partial charge in [-0.2, -0.15) is 13.2 Å². The molecule has 0 aromatic heterocycles. The Morgan fingerprint density at radius 2 is 1.52 bits per heavy atom. The second-order valence-electron chi connectivity index (χ2n) is 7.86. The number of hydrogen-bond donors (Lipinski definition) is 1. The van der Waals surface area contributed by atoms with Crippen molar-refractivity contribution in [3.05, 3.63) is 0 Å². The number of carbonyl (C=O) groups is 2. The zero-order valence-electron chi connectivity index (χ0n) is 14.2. The molecule has 0 radical (unpaired) electrons. The second-order valence-corrected chi connectivity index (χ2v) is 10.2. The van der Waals surface area contributed by atoms with Crippen LogP contribution in [-0.2, 0) is 14.3 Å². The second kappa shape index (κ2) is 7.34. The molecule has 4 saturated carbocycles. The van der Waals surface area contributed by atoms with Gasteiger partial charge in [0.15, 0.2) is 6.61 Å². The lowest BCUT2D eigenvalue weighted by Gasteiger charge is -2.55. The van der Waals surface area contributed by atoms with Crippen LogP contribution in [0.25, 0.3) is 0 Å². The molecule has 1 atom stereocenters. The third-order valence-electron chi connectivity index (χ3n) is 5.61. The maximum Gasteiger partial charge on any atom is 0.422 e. The summed E-state index contributed by atoms with van der Waals surface area (Å²) < 4.78 is 43.5. The van der Waals surface area contributed by atoms with E-state index in [4.69, 9.17) is 39.5 Å². The third kappa shape index (κ3) is 5.07. The van der Waals surface area contributed by atoms with Crippen molar-refractivity contribution in [2.45, 2.75) is 54.7 Å². The van der Waals surface area contributed by atoms with Crippen LogP contribution in [0.4, 0.5) is 18.0 Å². The summed E-state index contributed by atoms with van der Waals surface area (Å²) in [5, 5.41) is 1.89. The molecule has 0 spiro atoms. The topological polar surface area (TPSA) is 64.6 Å². The van der Waals surface area contributed by atoms with E-state index in [0.29, 0.717) is 37.0 Å². The van der Waals surface area contributed by atoms with Gasteiger partial charge in [0.25, 0.3) is 0 Å². The molecule has 0 saturated heterocycles. The van der Waals surface area contributed by atoms with Crippen molar-refractivity contribution in [2.24, 2.45) is 23.2 Å². The van der Waals surface area contributed by atoms with Crippen molar-refractivity contribution >= 4 is 46.9 Å². The number of hydrogen-bond acceptors (Lipinski definition) is 4. The van der Waals surface area contributed by atoms with Crippen molar-refractivity contribution in [1.29, 1.82) is 0 Å². The van der Waals surface area contributed by atoms with Gasteiger partial charge in [-0.05, 0) is 56.3 Å². The Kier molecular flexibility index (Phi) is 5.74. The molecule has 4 fully saturated rings. The molecule has 4 aliphatic carbocycles. The molecule has 4 bridgehead atoms. The molecule has 27 heavy (non-hydrogen) atoms. The van der Waals surface area contributed by atoms with E-state index < -0.39 is 40.3 Å². The van der Waals surface area contributed by atoms with E-state index in [0.717, 1.165) is 19.3 Å². The SMILES string of the molecule is O=C(N[C@H](OC(=O)C12CC3CC(CC(C3)C1)C2)C(Cl)(Cl)Cl)OCC(F)(F)F. The lowest BCUT2D eigenvalue weighted by atomic mass is 9.49. The summed E-state index contributed by atoms with van der Waals surface area (Å²) in [4.78, 5) is 24.5. The van der Waals surface area contributed by atoms with Crippen LogP contribution < -0.4 is 5.32 Å². The number of ether oxygens (including phenoxy) is 2. The average molecular weight is 453 g/mol. The van der Waals surface area contributed by atoms with Crippen LogP contribution in [0.15, 0.2) is 0 Å². The zero-order chi connectivity index (χ0) is 20.0. The molecule has 4 aliphatic rings. The quantitative estimate of drug-likeness (QED) is 0.380. The number of rotatable bonds is 4. The summed E-state index contributed by atoms with van der Waals surface area (Å²) in [7, 11) is 0. The number of alkyl halides is 6. The molecule has 5 nitrogen and oxygen atoms in total. The van der Waals surface area contributed by atoms with E-state index >= 15 is 0 Å². The Bertz CT molecular complexity index is 573. The summed E-state index contributed by atoms with van der Waals surface area (Å²) in [6.07, 6.45) is -2.61. The highest BCUT2D eigenvalue weighted by atomic mass is 35.6. The lowest BCUT2D eigenvalue weighted by Crippen LogP contribution is -2.54. The first-order valence-corrected chi connectivity index (χ1v) is 9.77. The summed E-state index contributed by atoms with van der Waals surface area (Å²) in [6, 6.07) is 0. The van der Waals surface area contributed by atoms with Gasteiger partial charge in [-0.25, -0.2) is 4.79 Å². The highest BCUT2D eigenvalue weighted by Crippen LogP contribution is 2.60. The number of halogens is 6. The van der Waals surface area contributed by atoms with Gasteiger partial charge >= 0.3 is 18.2 Å². The molecule has 0 aromatic rings. The highest BCUT2D eigenvalue weighted by Gasteiger charge is 2.56. The van der Waals surface area contributed by atoms with Crippen LogP contribution in [0.1, 0.15) is 38.5 Å². The summed E-state index contributed by atoms with van der Waals surface area (Å²) >= 11 is 17.2. The first-order chi connectivity index (χ1) is 12.4. The predicted octanol–water partition coefficient (Wildman–Crippen LogP) is 4.73. The fourth-order valence-electron chi connectivity index (χ4n) is 5.07. The van der Waals surface area contributed by atoms with Gasteiger partial charge in [-0.15, -0.1) is 0 Å². The van der Waals surface area contributed by atoms with Gasteiger partial charge in [0, 0.05) is 0 Å². The largest absolute Gasteiger partial charge is 0.440 e. The van der Waals surface area contributed by atoms with Crippen molar-refractivity contribution in [2.75, 3.05) is 6.61 Å². The Balaban J connectivity index is 1.64. The summed E-state index contributed by atoms with van der Waals surface area (Å²) in [6.45, 7) is -1.81. The van der Waals surface area contributed by atoms with Gasteiger partial charge in [0.05, 0.1) is 5.41 Å². The summed E-state index contributed by atoms with van der Waals surface area (Å²) in [5.74, 6) is 0.785. The minimum absolute atomic E-state index is 0.458. The van der Waals surface area contributed by atoms with Crippen molar-refractivity contribution in [3.63, 3.8) is 0 Å². The first-order valence-electron chi connectivity index (χ1n) is 8.64. The van der Waals surface area contributed by atoms with Crippen LogP contribution >= 0.6 is 34.8 Å². The lowest BCUT2D eigenvalue weighted by molar-refractivity contribution is -0.179. The first kappa shape index (κ1) is 21.1. The molecule has 1 N–H and O–H groups in total. The predicted molar refractivity (Wildman–Crippen MR) is 91.3 cm³/mol. The van der Waals surface area contributed by atoms with Crippen molar-refractivity contribution < 1.29 is 32.2 Å². The van der Waals surface area contributed by atoms with Gasteiger partial charge < -0.3 is 9.47 Å². The van der Waals surface area contributed by atoms with Gasteiger partial charge in [-0.3, -0.25) is 10.1 Å². The number of alkyl carbamates (subject to hydrolysis) is 1. The Morgan fingerprint density at radius 1 is 1.04 bits per heavy atom. The van der Waals surface area contributed by atoms with Crippen LogP contribution in [-0.4, -0.2) is 34.9 Å². The number of esters is 1. The molecule has 1 amide bonds. The molecule has 11 heteroatoms. The van der Waals surface area contributed by atoms with Crippen LogP contribution in [0.5, 0.6) is 0 Å². The Morgan fingerprint density at radius 3 is 1.93 bits per heavy atom.